The fourth-order valence-electron chi connectivity index (χ4n) is 1.85. The van der Waals surface area contributed by atoms with Crippen molar-refractivity contribution in [1.29, 1.82) is 0 Å². The molecule has 0 saturated carbocycles. The maximum Gasteiger partial charge on any atom is 0.252 e. The van der Waals surface area contributed by atoms with Gasteiger partial charge in [-0.1, -0.05) is 23.2 Å². The molecule has 3 rings (SSSR count). The lowest BCUT2D eigenvalue weighted by Gasteiger charge is -2.01. The first-order valence-electron chi connectivity index (χ1n) is 5.71. The van der Waals surface area contributed by atoms with Crippen molar-refractivity contribution in [1.82, 2.24) is 4.98 Å². The van der Waals surface area contributed by atoms with Gasteiger partial charge in [0.05, 0.1) is 14.5 Å². The molecule has 3 nitrogen and oxygen atoms in total. The van der Waals surface area contributed by atoms with Gasteiger partial charge in [0.1, 0.15) is 5.52 Å². The Morgan fingerprint density at radius 1 is 1.14 bits per heavy atom. The summed E-state index contributed by atoms with van der Waals surface area (Å²) in [5.41, 5.74) is 2.08. The molecule has 3 aromatic rings. The van der Waals surface area contributed by atoms with Crippen LogP contribution in [0.2, 0.25) is 10.0 Å². The molecule has 0 radical (unpaired) electrons. The van der Waals surface area contributed by atoms with E-state index in [0.717, 1.165) is 0 Å². The molecule has 0 amide bonds. The van der Waals surface area contributed by atoms with Crippen LogP contribution in [-0.4, -0.2) is 10.2 Å². The molecule has 21 heavy (non-hydrogen) atoms. The highest BCUT2D eigenvalue weighted by atomic mass is 79.9. The van der Waals surface area contributed by atoms with Gasteiger partial charge in [0.25, 0.3) is 5.24 Å². The number of aromatic nitrogens is 1. The van der Waals surface area contributed by atoms with Gasteiger partial charge in [-0.3, -0.25) is 4.79 Å². The molecule has 0 aliphatic carbocycles. The van der Waals surface area contributed by atoms with Gasteiger partial charge in [0.15, 0.2) is 5.58 Å². The molecule has 1 aromatic heterocycles. The van der Waals surface area contributed by atoms with E-state index in [1.807, 2.05) is 0 Å². The minimum atomic E-state index is -0.545. The number of oxazole rings is 1. The van der Waals surface area contributed by atoms with Crippen molar-refractivity contribution >= 4 is 67.1 Å². The van der Waals surface area contributed by atoms with E-state index in [1.54, 1.807) is 30.3 Å². The second-order valence-corrected chi connectivity index (χ2v) is 6.18. The van der Waals surface area contributed by atoms with E-state index in [1.165, 1.54) is 0 Å². The van der Waals surface area contributed by atoms with Gasteiger partial charge < -0.3 is 4.42 Å². The Morgan fingerprint density at radius 3 is 2.43 bits per heavy atom. The number of halogens is 4. The predicted octanol–water partition coefficient (Wildman–Crippen LogP) is 5.94. The largest absolute Gasteiger partial charge is 0.436 e. The van der Waals surface area contributed by atoms with E-state index in [9.17, 15) is 4.79 Å². The third kappa shape index (κ3) is 2.81. The van der Waals surface area contributed by atoms with Gasteiger partial charge in [0, 0.05) is 11.1 Å². The Labute approximate surface area is 142 Å². The molecule has 0 bridgehead atoms. The van der Waals surface area contributed by atoms with Gasteiger partial charge in [-0.25, -0.2) is 4.98 Å². The summed E-state index contributed by atoms with van der Waals surface area (Å²) in [5.74, 6) is 0.362. The zero-order chi connectivity index (χ0) is 15.1. The molecule has 0 aliphatic heterocycles. The molecule has 0 N–H and O–H groups in total. The van der Waals surface area contributed by atoms with Crippen molar-refractivity contribution in [2.45, 2.75) is 0 Å². The molecule has 0 aliphatic rings. The number of hydrogen-bond donors (Lipinski definition) is 0. The zero-order valence-corrected chi connectivity index (χ0v) is 14.0. The number of carbonyl (C=O) groups is 1. The van der Waals surface area contributed by atoms with Crippen LogP contribution in [0.3, 0.4) is 0 Å². The molecule has 1 heterocycles. The number of carbonyl (C=O) groups excluding carboxylic acids is 1. The summed E-state index contributed by atoms with van der Waals surface area (Å²) in [7, 11) is 0. The van der Waals surface area contributed by atoms with Gasteiger partial charge in [-0.05, 0) is 57.9 Å². The first-order chi connectivity index (χ1) is 9.95. The summed E-state index contributed by atoms with van der Waals surface area (Å²) in [6.45, 7) is 0. The third-order valence-electron chi connectivity index (χ3n) is 2.85. The highest BCUT2D eigenvalue weighted by molar-refractivity contribution is 9.10. The third-order valence-corrected chi connectivity index (χ3v) is 4.97. The molecule has 7 heteroatoms. The lowest BCUT2D eigenvalue weighted by atomic mass is 10.2. The molecule has 0 atom stereocenters. The molecule has 2 aromatic carbocycles. The standard InChI is InChI=1S/C14H5BrCl3NO2/c15-12-8(16)3-7(4-9(12)17)14-19-10-5-6(13(18)20)1-2-11(10)21-14/h1-5H. The van der Waals surface area contributed by atoms with Crippen molar-refractivity contribution in [3.05, 3.63) is 50.4 Å². The normalized spacial score (nSPS) is 11.0. The minimum Gasteiger partial charge on any atom is -0.436 e. The first-order valence-corrected chi connectivity index (χ1v) is 7.64. The average Bonchev–Trinajstić information content (AvgIpc) is 2.86. The monoisotopic (exact) mass is 403 g/mol. The molecular formula is C14H5BrCl3NO2. The second kappa shape index (κ2) is 5.61. The van der Waals surface area contributed by atoms with Crippen LogP contribution in [-0.2, 0) is 0 Å². The van der Waals surface area contributed by atoms with Crippen molar-refractivity contribution in [3.8, 4) is 11.5 Å². The van der Waals surface area contributed by atoms with Crippen molar-refractivity contribution < 1.29 is 9.21 Å². The van der Waals surface area contributed by atoms with Gasteiger partial charge in [-0.2, -0.15) is 0 Å². The number of benzene rings is 2. The quantitative estimate of drug-likeness (QED) is 0.391. The van der Waals surface area contributed by atoms with Gasteiger partial charge in [0.2, 0.25) is 5.89 Å². The molecule has 0 spiro atoms. The van der Waals surface area contributed by atoms with E-state index >= 15 is 0 Å². The second-order valence-electron chi connectivity index (χ2n) is 4.23. The lowest BCUT2D eigenvalue weighted by Crippen LogP contribution is -1.87. The summed E-state index contributed by atoms with van der Waals surface area (Å²) < 4.78 is 6.25. The van der Waals surface area contributed by atoms with Crippen LogP contribution in [0.25, 0.3) is 22.6 Å². The average molecular weight is 405 g/mol. The van der Waals surface area contributed by atoms with E-state index in [2.05, 4.69) is 20.9 Å². The Morgan fingerprint density at radius 2 is 1.81 bits per heavy atom. The van der Waals surface area contributed by atoms with Gasteiger partial charge >= 0.3 is 0 Å². The number of nitrogens with zero attached hydrogens (tertiary/aromatic N) is 1. The van der Waals surface area contributed by atoms with Crippen LogP contribution in [0.4, 0.5) is 0 Å². The molecule has 0 unspecified atom stereocenters. The summed E-state index contributed by atoms with van der Waals surface area (Å²) in [5, 5.41) is 0.365. The first kappa shape index (κ1) is 14.9. The molecule has 0 fully saturated rings. The minimum absolute atomic E-state index is 0.357. The van der Waals surface area contributed by atoms with Gasteiger partial charge in [-0.15, -0.1) is 0 Å². The van der Waals surface area contributed by atoms with E-state index in [-0.39, 0.29) is 0 Å². The summed E-state index contributed by atoms with van der Waals surface area (Å²) in [6.07, 6.45) is 0. The van der Waals surface area contributed by atoms with Crippen LogP contribution >= 0.6 is 50.7 Å². The fourth-order valence-corrected chi connectivity index (χ4v) is 2.69. The number of rotatable bonds is 2. The Balaban J connectivity index is 2.15. The Hall–Kier alpha value is -1.07. The molecule has 106 valence electrons. The Bertz CT molecular complexity index is 853. The Kier molecular flexibility index (Phi) is 3.97. The summed E-state index contributed by atoms with van der Waals surface area (Å²) in [4.78, 5) is 15.5. The number of hydrogen-bond acceptors (Lipinski definition) is 3. The van der Waals surface area contributed by atoms with Crippen LogP contribution in [0.15, 0.2) is 39.2 Å². The van der Waals surface area contributed by atoms with Crippen LogP contribution in [0, 0.1) is 0 Å². The van der Waals surface area contributed by atoms with Crippen molar-refractivity contribution in [2.75, 3.05) is 0 Å². The summed E-state index contributed by atoms with van der Waals surface area (Å²) in [6, 6.07) is 8.17. The SMILES string of the molecule is O=C(Cl)c1ccc2oc(-c3cc(Cl)c(Br)c(Cl)c3)nc2c1. The lowest BCUT2D eigenvalue weighted by molar-refractivity contribution is 0.108. The van der Waals surface area contributed by atoms with E-state index in [4.69, 9.17) is 39.2 Å². The van der Waals surface area contributed by atoms with Crippen molar-refractivity contribution in [3.63, 3.8) is 0 Å². The zero-order valence-electron chi connectivity index (χ0n) is 10.2. The maximum absolute atomic E-state index is 11.2. The predicted molar refractivity (Wildman–Crippen MR) is 87.3 cm³/mol. The summed E-state index contributed by atoms with van der Waals surface area (Å²) >= 11 is 20.9. The van der Waals surface area contributed by atoms with Crippen LogP contribution in [0.1, 0.15) is 10.4 Å². The maximum atomic E-state index is 11.2. The number of fused-ring (bicyclic) bond motifs is 1. The van der Waals surface area contributed by atoms with Crippen LogP contribution < -0.4 is 0 Å². The van der Waals surface area contributed by atoms with Crippen LogP contribution in [0.5, 0.6) is 0 Å². The molecular weight excluding hydrogens is 400 g/mol. The fraction of sp³-hybridized carbons (Fsp3) is 0. The highest BCUT2D eigenvalue weighted by Crippen LogP contribution is 2.36. The topological polar surface area (TPSA) is 43.1 Å². The molecule has 0 saturated heterocycles. The van der Waals surface area contributed by atoms with E-state index < -0.39 is 5.24 Å². The smallest absolute Gasteiger partial charge is 0.252 e. The van der Waals surface area contributed by atoms with Crippen molar-refractivity contribution in [2.24, 2.45) is 0 Å². The highest BCUT2D eigenvalue weighted by Gasteiger charge is 2.13. The van der Waals surface area contributed by atoms with E-state index in [0.29, 0.717) is 42.6 Å².